The van der Waals surface area contributed by atoms with E-state index in [9.17, 15) is 4.39 Å². The summed E-state index contributed by atoms with van der Waals surface area (Å²) in [5, 5.41) is 3.58. The van der Waals surface area contributed by atoms with Crippen molar-refractivity contribution in [2.45, 2.75) is 51.3 Å². The van der Waals surface area contributed by atoms with Crippen LogP contribution in [0.15, 0.2) is 24.3 Å². The summed E-state index contributed by atoms with van der Waals surface area (Å²) in [6.07, 6.45) is 3.52. The molecule has 0 saturated carbocycles. The van der Waals surface area contributed by atoms with Crippen molar-refractivity contribution in [3.05, 3.63) is 35.6 Å². The predicted molar refractivity (Wildman–Crippen MR) is 71.0 cm³/mol. The first-order valence-electron chi connectivity index (χ1n) is 6.82. The molecular weight excluding hydrogens is 229 g/mol. The van der Waals surface area contributed by atoms with E-state index >= 15 is 0 Å². The van der Waals surface area contributed by atoms with Gasteiger partial charge in [0, 0.05) is 18.7 Å². The summed E-state index contributed by atoms with van der Waals surface area (Å²) in [7, 11) is 0. The van der Waals surface area contributed by atoms with Gasteiger partial charge in [-0.1, -0.05) is 19.1 Å². The third kappa shape index (κ3) is 3.53. The van der Waals surface area contributed by atoms with Crippen LogP contribution in [0.5, 0.6) is 0 Å². The molecule has 1 aliphatic heterocycles. The Hall–Kier alpha value is -0.930. The van der Waals surface area contributed by atoms with Gasteiger partial charge in [-0.25, -0.2) is 4.39 Å². The van der Waals surface area contributed by atoms with Crippen molar-refractivity contribution >= 4 is 0 Å². The van der Waals surface area contributed by atoms with Crippen LogP contribution in [-0.2, 0) is 4.74 Å². The predicted octanol–water partition coefficient (Wildman–Crippen LogP) is 3.43. The van der Waals surface area contributed by atoms with Crippen molar-refractivity contribution in [3.63, 3.8) is 0 Å². The summed E-state index contributed by atoms with van der Waals surface area (Å²) in [5.74, 6) is -0.167. The minimum atomic E-state index is -0.167. The van der Waals surface area contributed by atoms with Crippen molar-refractivity contribution in [1.82, 2.24) is 5.32 Å². The van der Waals surface area contributed by atoms with Crippen LogP contribution in [-0.4, -0.2) is 18.8 Å². The van der Waals surface area contributed by atoms with Crippen molar-refractivity contribution in [2.24, 2.45) is 0 Å². The zero-order valence-electron chi connectivity index (χ0n) is 11.2. The first-order valence-corrected chi connectivity index (χ1v) is 6.82. The SMILES string of the molecule is CCC1CC(N[C@@H](C)c2cccc(F)c2)CCO1. The van der Waals surface area contributed by atoms with Gasteiger partial charge in [0.25, 0.3) is 0 Å². The van der Waals surface area contributed by atoms with E-state index < -0.39 is 0 Å². The Morgan fingerprint density at radius 1 is 1.50 bits per heavy atom. The fourth-order valence-corrected chi connectivity index (χ4v) is 2.54. The van der Waals surface area contributed by atoms with E-state index in [0.29, 0.717) is 12.1 Å². The number of ether oxygens (including phenoxy) is 1. The number of rotatable bonds is 4. The fraction of sp³-hybridized carbons (Fsp3) is 0.600. The fourth-order valence-electron chi connectivity index (χ4n) is 2.54. The highest BCUT2D eigenvalue weighted by molar-refractivity contribution is 5.19. The van der Waals surface area contributed by atoms with Crippen LogP contribution in [0.25, 0.3) is 0 Å². The molecule has 1 fully saturated rings. The molecule has 2 nitrogen and oxygen atoms in total. The molecule has 3 heteroatoms. The van der Waals surface area contributed by atoms with Crippen LogP contribution < -0.4 is 5.32 Å². The molecule has 1 N–H and O–H groups in total. The Balaban J connectivity index is 1.92. The Kier molecular flexibility index (Phi) is 4.72. The number of nitrogens with one attached hydrogen (secondary N) is 1. The summed E-state index contributed by atoms with van der Waals surface area (Å²) in [5.41, 5.74) is 1.01. The third-order valence-electron chi connectivity index (χ3n) is 3.66. The van der Waals surface area contributed by atoms with Crippen molar-refractivity contribution < 1.29 is 9.13 Å². The highest BCUT2D eigenvalue weighted by Gasteiger charge is 2.22. The van der Waals surface area contributed by atoms with Gasteiger partial charge in [-0.15, -0.1) is 0 Å². The van der Waals surface area contributed by atoms with Crippen LogP contribution in [0.2, 0.25) is 0 Å². The standard InChI is InChI=1S/C15H22FNO/c1-3-15-10-14(7-8-18-15)17-11(2)12-5-4-6-13(16)9-12/h4-6,9,11,14-15,17H,3,7-8,10H2,1-2H3/t11-,14?,15?/m0/s1. The molecule has 100 valence electrons. The zero-order valence-corrected chi connectivity index (χ0v) is 11.2. The molecule has 0 bridgehead atoms. The van der Waals surface area contributed by atoms with Gasteiger partial charge >= 0.3 is 0 Å². The van der Waals surface area contributed by atoms with Crippen molar-refractivity contribution in [3.8, 4) is 0 Å². The average molecular weight is 251 g/mol. The molecule has 2 rings (SSSR count). The van der Waals surface area contributed by atoms with E-state index in [1.54, 1.807) is 12.1 Å². The van der Waals surface area contributed by atoms with Crippen LogP contribution >= 0.6 is 0 Å². The summed E-state index contributed by atoms with van der Waals surface area (Å²) in [6.45, 7) is 5.07. The minimum Gasteiger partial charge on any atom is -0.378 e. The van der Waals surface area contributed by atoms with E-state index in [1.807, 2.05) is 6.07 Å². The average Bonchev–Trinajstić information content (AvgIpc) is 2.39. The van der Waals surface area contributed by atoms with Crippen LogP contribution in [0.1, 0.15) is 44.7 Å². The molecule has 1 aromatic carbocycles. The highest BCUT2D eigenvalue weighted by Crippen LogP contribution is 2.20. The van der Waals surface area contributed by atoms with Crippen LogP contribution in [0.3, 0.4) is 0 Å². The summed E-state index contributed by atoms with van der Waals surface area (Å²) in [4.78, 5) is 0. The van der Waals surface area contributed by atoms with Gasteiger partial charge in [0.15, 0.2) is 0 Å². The second-order valence-electron chi connectivity index (χ2n) is 5.07. The van der Waals surface area contributed by atoms with Crippen molar-refractivity contribution in [1.29, 1.82) is 0 Å². The Bertz CT molecular complexity index is 383. The molecule has 18 heavy (non-hydrogen) atoms. The Morgan fingerprint density at radius 2 is 2.33 bits per heavy atom. The summed E-state index contributed by atoms with van der Waals surface area (Å²) in [6, 6.07) is 7.48. The second-order valence-corrected chi connectivity index (χ2v) is 5.07. The minimum absolute atomic E-state index is 0.167. The molecule has 2 unspecified atom stereocenters. The van der Waals surface area contributed by atoms with Gasteiger partial charge in [0.05, 0.1) is 6.10 Å². The molecule has 1 aromatic rings. The quantitative estimate of drug-likeness (QED) is 0.885. The van der Waals surface area contributed by atoms with E-state index in [1.165, 1.54) is 6.07 Å². The number of hydrogen-bond acceptors (Lipinski definition) is 2. The lowest BCUT2D eigenvalue weighted by Crippen LogP contribution is -2.39. The first-order chi connectivity index (χ1) is 8.69. The largest absolute Gasteiger partial charge is 0.378 e. The number of halogens is 1. The smallest absolute Gasteiger partial charge is 0.123 e. The van der Waals surface area contributed by atoms with Gasteiger partial charge in [-0.05, 0) is 43.9 Å². The van der Waals surface area contributed by atoms with Crippen molar-refractivity contribution in [2.75, 3.05) is 6.61 Å². The monoisotopic (exact) mass is 251 g/mol. The lowest BCUT2D eigenvalue weighted by atomic mass is 9.99. The van der Waals surface area contributed by atoms with E-state index in [2.05, 4.69) is 19.2 Å². The maximum atomic E-state index is 13.2. The molecule has 3 atom stereocenters. The van der Waals surface area contributed by atoms with Crippen LogP contribution in [0, 0.1) is 5.82 Å². The van der Waals surface area contributed by atoms with Gasteiger partial charge in [0.1, 0.15) is 5.82 Å². The van der Waals surface area contributed by atoms with Gasteiger partial charge < -0.3 is 10.1 Å². The first kappa shape index (κ1) is 13.5. The van der Waals surface area contributed by atoms with Crippen LogP contribution in [0.4, 0.5) is 4.39 Å². The lowest BCUT2D eigenvalue weighted by molar-refractivity contribution is -0.00166. The summed E-state index contributed by atoms with van der Waals surface area (Å²) < 4.78 is 18.8. The maximum absolute atomic E-state index is 13.2. The number of benzene rings is 1. The molecular formula is C15H22FNO. The number of hydrogen-bond donors (Lipinski definition) is 1. The molecule has 1 saturated heterocycles. The molecule has 0 aliphatic carbocycles. The zero-order chi connectivity index (χ0) is 13.0. The lowest BCUT2D eigenvalue weighted by Gasteiger charge is -2.31. The second kappa shape index (κ2) is 6.30. The topological polar surface area (TPSA) is 21.3 Å². The molecule has 1 heterocycles. The normalized spacial score (nSPS) is 25.9. The van der Waals surface area contributed by atoms with Gasteiger partial charge in [-0.3, -0.25) is 0 Å². The van der Waals surface area contributed by atoms with Gasteiger partial charge in [-0.2, -0.15) is 0 Å². The molecule has 0 aromatic heterocycles. The van der Waals surface area contributed by atoms with E-state index in [4.69, 9.17) is 4.74 Å². The molecule has 0 amide bonds. The van der Waals surface area contributed by atoms with Gasteiger partial charge in [0.2, 0.25) is 0 Å². The Morgan fingerprint density at radius 3 is 3.06 bits per heavy atom. The van der Waals surface area contributed by atoms with E-state index in [0.717, 1.165) is 31.4 Å². The summed E-state index contributed by atoms with van der Waals surface area (Å²) >= 11 is 0. The molecule has 0 spiro atoms. The maximum Gasteiger partial charge on any atom is 0.123 e. The van der Waals surface area contributed by atoms with E-state index in [-0.39, 0.29) is 11.9 Å². The molecule has 0 radical (unpaired) electrons. The third-order valence-corrected chi connectivity index (χ3v) is 3.66. The highest BCUT2D eigenvalue weighted by atomic mass is 19.1. The molecule has 1 aliphatic rings. The Labute approximate surface area is 109 Å².